The van der Waals surface area contributed by atoms with Crippen LogP contribution in [-0.4, -0.2) is 52.5 Å². The minimum atomic E-state index is 0.957. The molecule has 3 heterocycles. The molecule has 112 valence electrons. The van der Waals surface area contributed by atoms with Crippen LogP contribution in [0.4, 0.5) is 5.82 Å². The van der Waals surface area contributed by atoms with E-state index in [4.69, 9.17) is 0 Å². The zero-order chi connectivity index (χ0) is 14.9. The average molecular weight is 311 g/mol. The molecule has 1 saturated heterocycles. The quantitative estimate of drug-likeness (QED) is 0.727. The van der Waals surface area contributed by atoms with Crippen molar-refractivity contribution in [1.82, 2.24) is 19.2 Å². The number of piperazine rings is 1. The Morgan fingerprint density at radius 3 is 2.55 bits per heavy atom. The van der Waals surface area contributed by atoms with E-state index in [1.807, 2.05) is 18.2 Å². The Labute approximate surface area is 133 Å². The Balaban J connectivity index is 1.77. The largest absolute Gasteiger partial charge is 0.353 e. The summed E-state index contributed by atoms with van der Waals surface area (Å²) in [6.07, 6.45) is 1.66. The number of hydrogen-bond acceptors (Lipinski definition) is 6. The fourth-order valence-corrected chi connectivity index (χ4v) is 3.65. The highest BCUT2D eigenvalue weighted by Gasteiger charge is 2.20. The molecule has 0 atom stereocenters. The van der Waals surface area contributed by atoms with Crippen molar-refractivity contribution >= 4 is 27.6 Å². The summed E-state index contributed by atoms with van der Waals surface area (Å²) in [6.45, 7) is 4.13. The van der Waals surface area contributed by atoms with Crippen LogP contribution in [0, 0.1) is 0 Å². The van der Waals surface area contributed by atoms with Gasteiger partial charge in [0, 0.05) is 31.7 Å². The molecule has 0 unspecified atom stereocenters. The lowest BCUT2D eigenvalue weighted by molar-refractivity contribution is 0.312. The molecule has 0 radical (unpaired) electrons. The lowest BCUT2D eigenvalue weighted by Gasteiger charge is -2.33. The molecule has 1 aliphatic heterocycles. The Hall–Kier alpha value is -2.05. The molecule has 6 heteroatoms. The summed E-state index contributed by atoms with van der Waals surface area (Å²) in [4.78, 5) is 13.7. The van der Waals surface area contributed by atoms with Crippen LogP contribution in [0.15, 0.2) is 36.7 Å². The second kappa shape index (κ2) is 5.62. The van der Waals surface area contributed by atoms with Gasteiger partial charge >= 0.3 is 0 Å². The van der Waals surface area contributed by atoms with E-state index in [0.29, 0.717) is 0 Å². The van der Waals surface area contributed by atoms with E-state index in [1.165, 1.54) is 11.5 Å². The Morgan fingerprint density at radius 2 is 1.77 bits per heavy atom. The van der Waals surface area contributed by atoms with Gasteiger partial charge in [-0.15, -0.1) is 0 Å². The maximum atomic E-state index is 4.64. The molecule has 1 fully saturated rings. The predicted octanol–water partition coefficient (Wildman–Crippen LogP) is 2.51. The van der Waals surface area contributed by atoms with Crippen LogP contribution in [-0.2, 0) is 0 Å². The number of likely N-dealkylation sites (N-methyl/N-ethyl adjacent to an activating group) is 1. The van der Waals surface area contributed by atoms with Gasteiger partial charge in [0.25, 0.3) is 0 Å². The zero-order valence-corrected chi connectivity index (χ0v) is 13.3. The Bertz CT molecular complexity index is 778. The third kappa shape index (κ3) is 2.34. The van der Waals surface area contributed by atoms with E-state index in [9.17, 15) is 0 Å². The molecule has 3 aromatic rings. The zero-order valence-electron chi connectivity index (χ0n) is 12.4. The standard InChI is InChI=1S/C16H17N5S/c1-20-7-9-21(10-8-20)16-15-14(17-11-18-16)13(19-22-15)12-5-3-2-4-6-12/h2-6,11H,7-10H2,1H3. The topological polar surface area (TPSA) is 45.2 Å². The number of anilines is 1. The molecule has 0 aliphatic carbocycles. The van der Waals surface area contributed by atoms with Crippen molar-refractivity contribution in [3.63, 3.8) is 0 Å². The maximum absolute atomic E-state index is 4.64. The lowest BCUT2D eigenvalue weighted by atomic mass is 10.1. The highest BCUT2D eigenvalue weighted by Crippen LogP contribution is 2.34. The first-order valence-corrected chi connectivity index (χ1v) is 8.19. The summed E-state index contributed by atoms with van der Waals surface area (Å²) in [6, 6.07) is 10.2. The fraction of sp³-hybridized carbons (Fsp3) is 0.312. The number of aromatic nitrogens is 3. The van der Waals surface area contributed by atoms with Crippen LogP contribution < -0.4 is 4.90 Å². The van der Waals surface area contributed by atoms with Crippen molar-refractivity contribution in [2.45, 2.75) is 0 Å². The summed E-state index contributed by atoms with van der Waals surface area (Å²) < 4.78 is 5.73. The second-order valence-corrected chi connectivity index (χ2v) is 6.34. The van der Waals surface area contributed by atoms with Gasteiger partial charge in [-0.1, -0.05) is 30.3 Å². The molecule has 0 bridgehead atoms. The van der Waals surface area contributed by atoms with Crippen LogP contribution in [0.2, 0.25) is 0 Å². The van der Waals surface area contributed by atoms with Crippen LogP contribution >= 0.6 is 11.5 Å². The summed E-state index contributed by atoms with van der Waals surface area (Å²) in [7, 11) is 2.16. The fourth-order valence-electron chi connectivity index (χ4n) is 2.78. The van der Waals surface area contributed by atoms with Crippen molar-refractivity contribution in [2.24, 2.45) is 0 Å². The smallest absolute Gasteiger partial charge is 0.151 e. The summed E-state index contributed by atoms with van der Waals surface area (Å²) >= 11 is 1.50. The lowest BCUT2D eigenvalue weighted by Crippen LogP contribution is -2.44. The monoisotopic (exact) mass is 311 g/mol. The average Bonchev–Trinajstić information content (AvgIpc) is 3.00. The van der Waals surface area contributed by atoms with Gasteiger partial charge in [-0.2, -0.15) is 4.37 Å². The summed E-state index contributed by atoms with van der Waals surface area (Å²) in [5.74, 6) is 1.03. The van der Waals surface area contributed by atoms with E-state index in [2.05, 4.69) is 43.3 Å². The van der Waals surface area contributed by atoms with E-state index in [-0.39, 0.29) is 0 Å². The van der Waals surface area contributed by atoms with Crippen molar-refractivity contribution < 1.29 is 0 Å². The highest BCUT2D eigenvalue weighted by atomic mass is 32.1. The minimum absolute atomic E-state index is 0.957. The summed E-state index contributed by atoms with van der Waals surface area (Å²) in [5, 5.41) is 0. The van der Waals surface area contributed by atoms with Gasteiger partial charge in [-0.25, -0.2) is 9.97 Å². The van der Waals surface area contributed by atoms with Crippen LogP contribution in [0.1, 0.15) is 0 Å². The Kier molecular flexibility index (Phi) is 3.48. The van der Waals surface area contributed by atoms with Gasteiger partial charge in [0.05, 0.1) is 0 Å². The van der Waals surface area contributed by atoms with Crippen LogP contribution in [0.5, 0.6) is 0 Å². The van der Waals surface area contributed by atoms with Gasteiger partial charge in [0.15, 0.2) is 5.82 Å². The van der Waals surface area contributed by atoms with Gasteiger partial charge < -0.3 is 9.80 Å². The van der Waals surface area contributed by atoms with Crippen LogP contribution in [0.3, 0.4) is 0 Å². The molecule has 0 N–H and O–H groups in total. The Morgan fingerprint density at radius 1 is 1.00 bits per heavy atom. The first kappa shape index (κ1) is 13.6. The predicted molar refractivity (Wildman–Crippen MR) is 90.4 cm³/mol. The molecule has 0 amide bonds. The molecule has 1 aliphatic rings. The number of fused-ring (bicyclic) bond motifs is 1. The van der Waals surface area contributed by atoms with E-state index in [0.717, 1.165) is 53.5 Å². The molecule has 0 spiro atoms. The molecule has 4 rings (SSSR count). The summed E-state index contributed by atoms with van der Waals surface area (Å²) in [5.41, 5.74) is 3.02. The highest BCUT2D eigenvalue weighted by molar-refractivity contribution is 7.14. The maximum Gasteiger partial charge on any atom is 0.151 e. The first-order valence-electron chi connectivity index (χ1n) is 7.42. The second-order valence-electron chi connectivity index (χ2n) is 5.56. The number of rotatable bonds is 2. The van der Waals surface area contributed by atoms with E-state index >= 15 is 0 Å². The van der Waals surface area contributed by atoms with Gasteiger partial charge in [-0.05, 0) is 18.6 Å². The van der Waals surface area contributed by atoms with E-state index < -0.39 is 0 Å². The molecule has 0 saturated carbocycles. The van der Waals surface area contributed by atoms with Gasteiger partial charge in [-0.3, -0.25) is 0 Å². The van der Waals surface area contributed by atoms with Crippen molar-refractivity contribution in [2.75, 3.05) is 38.1 Å². The molecular weight excluding hydrogens is 294 g/mol. The minimum Gasteiger partial charge on any atom is -0.353 e. The first-order chi connectivity index (χ1) is 10.8. The number of benzene rings is 1. The van der Waals surface area contributed by atoms with Crippen molar-refractivity contribution in [3.8, 4) is 11.3 Å². The number of nitrogens with zero attached hydrogens (tertiary/aromatic N) is 5. The third-order valence-electron chi connectivity index (χ3n) is 4.09. The van der Waals surface area contributed by atoms with Crippen molar-refractivity contribution in [1.29, 1.82) is 0 Å². The SMILES string of the molecule is CN1CCN(c2ncnc3c(-c4ccccc4)nsc23)CC1. The molecule has 2 aromatic heterocycles. The molecule has 22 heavy (non-hydrogen) atoms. The van der Waals surface area contributed by atoms with Crippen molar-refractivity contribution in [3.05, 3.63) is 36.7 Å². The number of hydrogen-bond donors (Lipinski definition) is 0. The molecular formula is C16H17N5S. The van der Waals surface area contributed by atoms with Gasteiger partial charge in [0.1, 0.15) is 22.2 Å². The molecule has 5 nitrogen and oxygen atoms in total. The van der Waals surface area contributed by atoms with Gasteiger partial charge in [0.2, 0.25) is 0 Å². The normalized spacial score (nSPS) is 16.3. The van der Waals surface area contributed by atoms with E-state index in [1.54, 1.807) is 6.33 Å². The molecule has 1 aromatic carbocycles. The third-order valence-corrected chi connectivity index (χ3v) is 4.92. The van der Waals surface area contributed by atoms with Crippen LogP contribution in [0.25, 0.3) is 21.5 Å².